The summed E-state index contributed by atoms with van der Waals surface area (Å²) in [6, 6.07) is 0. The number of hydrogen-bond acceptors (Lipinski definition) is 8. The zero-order chi connectivity index (χ0) is 17.6. The number of rotatable bonds is 10. The van der Waals surface area contributed by atoms with Gasteiger partial charge in [0.05, 0.1) is 0 Å². The monoisotopic (exact) mass is 366 g/mol. The Morgan fingerprint density at radius 1 is 1.26 bits per heavy atom. The maximum atomic E-state index is 12.8. The molecule has 4 N–H and O–H groups in total. The fourth-order valence-corrected chi connectivity index (χ4v) is 6.40. The van der Waals surface area contributed by atoms with Crippen molar-refractivity contribution < 1.29 is 22.8 Å². The highest BCUT2D eigenvalue weighted by Gasteiger charge is 2.70. The molecule has 2 unspecified atom stereocenters. The normalized spacial score (nSPS) is 30.3. The van der Waals surface area contributed by atoms with Crippen LogP contribution in [0.2, 0.25) is 0 Å². The van der Waals surface area contributed by atoms with Crippen molar-refractivity contribution in [3.05, 3.63) is 0 Å². The van der Waals surface area contributed by atoms with Gasteiger partial charge in [-0.3, -0.25) is 4.79 Å². The van der Waals surface area contributed by atoms with E-state index in [4.69, 9.17) is 29.5 Å². The van der Waals surface area contributed by atoms with E-state index in [1.165, 1.54) is 0 Å². The lowest BCUT2D eigenvalue weighted by atomic mass is 10.1. The molecule has 0 aromatic rings. The molecule has 9 heteroatoms. The van der Waals surface area contributed by atoms with Crippen LogP contribution in [0.1, 0.15) is 40.0 Å². The largest absolute Gasteiger partial charge is 0.536 e. The van der Waals surface area contributed by atoms with E-state index in [1.807, 2.05) is 20.1 Å². The van der Waals surface area contributed by atoms with Gasteiger partial charge in [-0.1, -0.05) is 0 Å². The van der Waals surface area contributed by atoms with Crippen molar-refractivity contribution in [2.24, 2.45) is 11.5 Å². The molecular weight excluding hydrogens is 336 g/mol. The summed E-state index contributed by atoms with van der Waals surface area (Å²) in [4.78, 5) is 12.8. The van der Waals surface area contributed by atoms with E-state index in [0.29, 0.717) is 44.8 Å². The van der Waals surface area contributed by atoms with Crippen LogP contribution in [-0.2, 0) is 22.8 Å². The van der Waals surface area contributed by atoms with Crippen molar-refractivity contribution in [2.45, 2.75) is 51.0 Å². The minimum absolute atomic E-state index is 0.352. The quantitative estimate of drug-likeness (QED) is 0.436. The Hall–Kier alpha value is -0.163. The van der Waals surface area contributed by atoms with Crippen LogP contribution < -0.4 is 11.5 Å². The molecule has 0 aliphatic carbocycles. The van der Waals surface area contributed by atoms with Crippen LogP contribution >= 0.6 is 11.8 Å². The van der Waals surface area contributed by atoms with Crippen molar-refractivity contribution in [3.8, 4) is 0 Å². The van der Waals surface area contributed by atoms with Crippen molar-refractivity contribution in [1.29, 1.82) is 0 Å². The minimum Gasteiger partial charge on any atom is -0.433 e. The summed E-state index contributed by atoms with van der Waals surface area (Å²) in [5.41, 5.74) is 12.0. The van der Waals surface area contributed by atoms with Gasteiger partial charge in [-0.05, 0) is 45.2 Å². The van der Waals surface area contributed by atoms with Crippen LogP contribution in [0.4, 0.5) is 0 Å². The highest BCUT2D eigenvalue weighted by molar-refractivity contribution is 7.98. The van der Waals surface area contributed by atoms with Gasteiger partial charge >= 0.3 is 14.8 Å². The summed E-state index contributed by atoms with van der Waals surface area (Å²) >= 11 is 1.60. The van der Waals surface area contributed by atoms with E-state index >= 15 is 0 Å². The zero-order valence-corrected chi connectivity index (χ0v) is 16.4. The summed E-state index contributed by atoms with van der Waals surface area (Å²) in [5.74, 6) is -0.940. The molecule has 2 atom stereocenters. The van der Waals surface area contributed by atoms with Crippen molar-refractivity contribution in [2.75, 3.05) is 31.8 Å². The van der Waals surface area contributed by atoms with Gasteiger partial charge in [-0.2, -0.15) is 11.8 Å². The first kappa shape index (κ1) is 20.9. The Balaban J connectivity index is 3.21. The molecular formula is C14H30N2O5SSi. The predicted octanol–water partition coefficient (Wildman–Crippen LogP) is 1.02. The molecule has 0 amide bonds. The second kappa shape index (κ2) is 8.79. The Kier molecular flexibility index (Phi) is 7.98. The van der Waals surface area contributed by atoms with Crippen LogP contribution in [0.5, 0.6) is 0 Å². The molecule has 0 bridgehead atoms. The maximum Gasteiger partial charge on any atom is 0.536 e. The molecule has 23 heavy (non-hydrogen) atoms. The van der Waals surface area contributed by atoms with Gasteiger partial charge in [-0.25, -0.2) is 0 Å². The lowest BCUT2D eigenvalue weighted by Gasteiger charge is -2.50. The first-order valence-electron chi connectivity index (χ1n) is 8.02. The molecule has 1 saturated heterocycles. The first-order valence-corrected chi connectivity index (χ1v) is 11.1. The van der Waals surface area contributed by atoms with Gasteiger partial charge in [0.15, 0.2) is 5.16 Å². The minimum atomic E-state index is -3.47. The SMILES string of the molecule is CCO[Si]1(OCC)OC(C)(CCCN)OC(=O)C1(N)CCSC. The molecule has 0 radical (unpaired) electrons. The van der Waals surface area contributed by atoms with Crippen molar-refractivity contribution >= 4 is 26.5 Å². The molecule has 0 saturated carbocycles. The average Bonchev–Trinajstić information content (AvgIpc) is 2.49. The van der Waals surface area contributed by atoms with E-state index in [-0.39, 0.29) is 0 Å². The van der Waals surface area contributed by atoms with Gasteiger partial charge in [0.2, 0.25) is 5.79 Å². The summed E-state index contributed by atoms with van der Waals surface area (Å²) in [6.07, 6.45) is 3.47. The van der Waals surface area contributed by atoms with Crippen LogP contribution in [0.15, 0.2) is 0 Å². The van der Waals surface area contributed by atoms with E-state index in [1.54, 1.807) is 18.7 Å². The van der Waals surface area contributed by atoms with Gasteiger partial charge in [-0.15, -0.1) is 0 Å². The van der Waals surface area contributed by atoms with Gasteiger partial charge in [0.1, 0.15) is 0 Å². The molecule has 1 fully saturated rings. The summed E-state index contributed by atoms with van der Waals surface area (Å²) in [7, 11) is -3.47. The molecule has 0 spiro atoms. The Labute approximate surface area is 144 Å². The topological polar surface area (TPSA) is 106 Å². The smallest absolute Gasteiger partial charge is 0.433 e. The number of carbonyl (C=O) groups is 1. The number of thioether (sulfide) groups is 1. The number of esters is 1. The van der Waals surface area contributed by atoms with Crippen LogP contribution in [-0.4, -0.2) is 57.5 Å². The number of nitrogens with two attached hydrogens (primary N) is 2. The van der Waals surface area contributed by atoms with E-state index in [0.717, 1.165) is 0 Å². The molecule has 1 aliphatic rings. The molecule has 0 aromatic carbocycles. The Morgan fingerprint density at radius 3 is 2.35 bits per heavy atom. The number of hydrogen-bond donors (Lipinski definition) is 2. The van der Waals surface area contributed by atoms with Gasteiger partial charge in [0.25, 0.3) is 0 Å². The summed E-state index contributed by atoms with van der Waals surface area (Å²) in [5, 5.41) is -1.38. The standard InChI is InChI=1S/C14H30N2O5SSi/c1-5-18-23(19-6-2)14(16,9-11-22-4)12(17)20-13(3,21-23)8-7-10-15/h5-11,15-16H2,1-4H3. The summed E-state index contributed by atoms with van der Waals surface area (Å²) < 4.78 is 23.5. The maximum absolute atomic E-state index is 12.8. The van der Waals surface area contributed by atoms with E-state index < -0.39 is 25.7 Å². The van der Waals surface area contributed by atoms with Gasteiger partial charge < -0.3 is 29.5 Å². The summed E-state index contributed by atoms with van der Waals surface area (Å²) in [6.45, 7) is 6.57. The zero-order valence-electron chi connectivity index (χ0n) is 14.6. The molecule has 1 rings (SSSR count). The third kappa shape index (κ3) is 4.47. The molecule has 136 valence electrons. The number of carbonyl (C=O) groups excluding carboxylic acids is 1. The molecule has 7 nitrogen and oxygen atoms in total. The lowest BCUT2D eigenvalue weighted by Crippen LogP contribution is -2.79. The predicted molar refractivity (Wildman–Crippen MR) is 92.8 cm³/mol. The average molecular weight is 367 g/mol. The van der Waals surface area contributed by atoms with E-state index in [2.05, 4.69) is 0 Å². The Morgan fingerprint density at radius 2 is 1.87 bits per heavy atom. The highest BCUT2D eigenvalue weighted by atomic mass is 32.2. The van der Waals surface area contributed by atoms with Crippen LogP contribution in [0.3, 0.4) is 0 Å². The third-order valence-electron chi connectivity index (χ3n) is 3.77. The van der Waals surface area contributed by atoms with Gasteiger partial charge in [0, 0.05) is 26.6 Å². The van der Waals surface area contributed by atoms with Crippen LogP contribution in [0, 0.1) is 0 Å². The molecule has 1 heterocycles. The Bertz CT molecular complexity index is 397. The van der Waals surface area contributed by atoms with Crippen molar-refractivity contribution in [3.63, 3.8) is 0 Å². The fraction of sp³-hybridized carbons (Fsp3) is 0.929. The molecule has 0 aromatic heterocycles. The third-order valence-corrected chi connectivity index (χ3v) is 7.97. The fourth-order valence-electron chi connectivity index (χ4n) is 2.59. The second-order valence-electron chi connectivity index (χ2n) is 5.65. The lowest BCUT2D eigenvalue weighted by molar-refractivity contribution is -0.233. The van der Waals surface area contributed by atoms with Crippen LogP contribution in [0.25, 0.3) is 0 Å². The van der Waals surface area contributed by atoms with Crippen molar-refractivity contribution in [1.82, 2.24) is 0 Å². The molecule has 1 aliphatic heterocycles. The first-order chi connectivity index (χ1) is 10.8. The van der Waals surface area contributed by atoms with E-state index in [9.17, 15) is 4.79 Å². The second-order valence-corrected chi connectivity index (χ2v) is 9.43. The highest BCUT2D eigenvalue weighted by Crippen LogP contribution is 2.40. The number of cyclic esters (lactones) is 1. The number of ether oxygens (including phenoxy) is 1.